The predicted octanol–water partition coefficient (Wildman–Crippen LogP) is 1.86. The monoisotopic (exact) mass is 407 g/mol. The van der Waals surface area contributed by atoms with E-state index in [2.05, 4.69) is 5.32 Å². The van der Waals surface area contributed by atoms with Crippen LogP contribution in [0.2, 0.25) is 0 Å². The summed E-state index contributed by atoms with van der Waals surface area (Å²) in [6, 6.07) is 12.5. The van der Waals surface area contributed by atoms with Crippen molar-refractivity contribution in [3.63, 3.8) is 0 Å². The Morgan fingerprint density at radius 2 is 1.93 bits per heavy atom. The van der Waals surface area contributed by atoms with E-state index in [0.717, 1.165) is 22.2 Å². The number of hydrogen-bond acceptors (Lipinski definition) is 6. The number of non-ortho nitro benzene ring substituents is 1. The van der Waals surface area contributed by atoms with E-state index in [1.165, 1.54) is 18.2 Å². The zero-order valence-corrected chi connectivity index (χ0v) is 16.3. The second kappa shape index (κ2) is 9.18. The lowest BCUT2D eigenvalue weighted by Gasteiger charge is -2.21. The minimum Gasteiger partial charge on any atom is -0.492 e. The Balaban J connectivity index is 1.96. The first-order valence-electron chi connectivity index (χ1n) is 8.35. The Kier molecular flexibility index (Phi) is 6.94. The summed E-state index contributed by atoms with van der Waals surface area (Å²) in [5.41, 5.74) is 0.822. The first kappa shape index (κ1) is 21.2. The van der Waals surface area contributed by atoms with Crippen molar-refractivity contribution in [1.29, 1.82) is 0 Å². The molecular weight excluding hydrogens is 386 g/mol. The van der Waals surface area contributed by atoms with Crippen molar-refractivity contribution in [2.24, 2.45) is 0 Å². The average Bonchev–Trinajstić information content (AvgIpc) is 2.62. The lowest BCUT2D eigenvalue weighted by molar-refractivity contribution is -0.384. The van der Waals surface area contributed by atoms with E-state index in [1.54, 1.807) is 6.07 Å². The van der Waals surface area contributed by atoms with Crippen LogP contribution in [0.1, 0.15) is 5.56 Å². The highest BCUT2D eigenvalue weighted by Crippen LogP contribution is 2.22. The number of benzene rings is 2. The largest absolute Gasteiger partial charge is 0.492 e. The summed E-state index contributed by atoms with van der Waals surface area (Å²) in [7, 11) is -3.82. The summed E-state index contributed by atoms with van der Waals surface area (Å²) in [5, 5.41) is 13.5. The average molecular weight is 407 g/mol. The van der Waals surface area contributed by atoms with Gasteiger partial charge in [-0.3, -0.25) is 19.2 Å². The number of sulfonamides is 1. The Morgan fingerprint density at radius 1 is 1.21 bits per heavy atom. The third-order valence-corrected chi connectivity index (χ3v) is 4.84. The van der Waals surface area contributed by atoms with Gasteiger partial charge >= 0.3 is 0 Å². The molecule has 1 N–H and O–H groups in total. The summed E-state index contributed by atoms with van der Waals surface area (Å²) < 4.78 is 30.4. The molecule has 2 aromatic rings. The molecule has 0 aliphatic rings. The molecule has 0 aromatic heterocycles. The van der Waals surface area contributed by atoms with E-state index in [1.807, 2.05) is 25.1 Å². The number of amides is 1. The molecule has 0 atom stereocenters. The normalized spacial score (nSPS) is 10.9. The summed E-state index contributed by atoms with van der Waals surface area (Å²) in [6.45, 7) is 1.83. The van der Waals surface area contributed by atoms with E-state index in [9.17, 15) is 23.3 Å². The fourth-order valence-electron chi connectivity index (χ4n) is 2.41. The second-order valence-electron chi connectivity index (χ2n) is 6.06. The number of nitro benzene ring substituents is 1. The molecule has 0 spiro atoms. The molecule has 0 saturated carbocycles. The molecule has 0 bridgehead atoms. The number of hydrogen-bond donors (Lipinski definition) is 1. The van der Waals surface area contributed by atoms with Crippen LogP contribution in [0.4, 0.5) is 11.4 Å². The number of aryl methyl sites for hydroxylation is 1. The smallest absolute Gasteiger partial charge is 0.271 e. The van der Waals surface area contributed by atoms with Gasteiger partial charge < -0.3 is 10.1 Å². The van der Waals surface area contributed by atoms with Gasteiger partial charge in [0.05, 0.1) is 23.4 Å². The number of ether oxygens (including phenoxy) is 1. The van der Waals surface area contributed by atoms with Crippen molar-refractivity contribution in [1.82, 2.24) is 5.32 Å². The molecule has 0 saturated heterocycles. The maximum Gasteiger partial charge on any atom is 0.271 e. The molecule has 0 unspecified atom stereocenters. The van der Waals surface area contributed by atoms with Crippen molar-refractivity contribution < 1.29 is 22.9 Å². The van der Waals surface area contributed by atoms with E-state index in [4.69, 9.17) is 4.74 Å². The summed E-state index contributed by atoms with van der Waals surface area (Å²) in [5.74, 6) is 0.119. The molecule has 0 heterocycles. The van der Waals surface area contributed by atoms with Crippen LogP contribution < -0.4 is 14.4 Å². The van der Waals surface area contributed by atoms with Crippen LogP contribution in [-0.4, -0.2) is 45.2 Å². The fraction of sp³-hybridized carbons (Fsp3) is 0.278. The number of carbonyl (C=O) groups excluding carboxylic acids is 1. The van der Waals surface area contributed by atoms with Crippen LogP contribution in [0.5, 0.6) is 5.75 Å². The van der Waals surface area contributed by atoms with Crippen LogP contribution in [0.15, 0.2) is 48.5 Å². The first-order chi connectivity index (χ1) is 13.2. The molecule has 0 aliphatic heterocycles. The quantitative estimate of drug-likeness (QED) is 0.385. The molecule has 0 fully saturated rings. The van der Waals surface area contributed by atoms with Gasteiger partial charge in [0.2, 0.25) is 15.9 Å². The SMILES string of the molecule is Cc1cccc(OCCNC(=O)CN(c2cccc([N+](=O)[O-])c2)S(C)(=O)=O)c1. The molecule has 10 heteroatoms. The summed E-state index contributed by atoms with van der Waals surface area (Å²) in [4.78, 5) is 22.4. The lowest BCUT2D eigenvalue weighted by Crippen LogP contribution is -2.41. The zero-order valence-electron chi connectivity index (χ0n) is 15.5. The summed E-state index contributed by atoms with van der Waals surface area (Å²) in [6.07, 6.45) is 0.931. The van der Waals surface area contributed by atoms with Crippen LogP contribution in [0.25, 0.3) is 0 Å². The molecular formula is C18H21N3O6S. The third-order valence-electron chi connectivity index (χ3n) is 3.70. The predicted molar refractivity (Wildman–Crippen MR) is 105 cm³/mol. The van der Waals surface area contributed by atoms with Gasteiger partial charge in [-0.15, -0.1) is 0 Å². The van der Waals surface area contributed by atoms with Gasteiger partial charge in [0.1, 0.15) is 18.9 Å². The van der Waals surface area contributed by atoms with E-state index in [-0.39, 0.29) is 24.5 Å². The highest BCUT2D eigenvalue weighted by molar-refractivity contribution is 7.92. The standard InChI is InChI=1S/C18H21N3O6S/c1-14-5-3-8-17(11-14)27-10-9-19-18(22)13-20(28(2,25)26)15-6-4-7-16(12-15)21(23)24/h3-8,11-12H,9-10,13H2,1-2H3,(H,19,22). The summed E-state index contributed by atoms with van der Waals surface area (Å²) >= 11 is 0. The van der Waals surface area contributed by atoms with E-state index < -0.39 is 27.4 Å². The number of anilines is 1. The Morgan fingerprint density at radius 3 is 2.57 bits per heavy atom. The van der Waals surface area contributed by atoms with Crippen LogP contribution in [0.3, 0.4) is 0 Å². The maximum absolute atomic E-state index is 12.2. The number of nitrogens with one attached hydrogen (secondary N) is 1. The zero-order chi connectivity index (χ0) is 20.7. The van der Waals surface area contributed by atoms with E-state index in [0.29, 0.717) is 5.75 Å². The lowest BCUT2D eigenvalue weighted by atomic mass is 10.2. The molecule has 0 aliphatic carbocycles. The van der Waals surface area contributed by atoms with Crippen molar-refractivity contribution in [2.75, 3.05) is 30.3 Å². The van der Waals surface area contributed by atoms with Gasteiger partial charge in [-0.1, -0.05) is 18.2 Å². The minimum absolute atomic E-state index is 0.0443. The Labute approximate surface area is 163 Å². The highest BCUT2D eigenvalue weighted by atomic mass is 32.2. The van der Waals surface area contributed by atoms with Crippen molar-refractivity contribution >= 4 is 27.3 Å². The first-order valence-corrected chi connectivity index (χ1v) is 10.2. The number of rotatable bonds is 9. The number of carbonyl (C=O) groups is 1. The van der Waals surface area contributed by atoms with E-state index >= 15 is 0 Å². The molecule has 28 heavy (non-hydrogen) atoms. The van der Waals surface area contributed by atoms with Gasteiger partial charge in [-0.05, 0) is 30.7 Å². The molecule has 150 valence electrons. The van der Waals surface area contributed by atoms with Gasteiger partial charge in [0.25, 0.3) is 5.69 Å². The number of nitrogens with zero attached hydrogens (tertiary/aromatic N) is 2. The topological polar surface area (TPSA) is 119 Å². The van der Waals surface area contributed by atoms with Gasteiger partial charge in [0.15, 0.2) is 0 Å². The van der Waals surface area contributed by atoms with Crippen molar-refractivity contribution in [3.05, 3.63) is 64.2 Å². The Hall–Kier alpha value is -3.14. The van der Waals surface area contributed by atoms with Crippen LogP contribution in [-0.2, 0) is 14.8 Å². The fourth-order valence-corrected chi connectivity index (χ4v) is 3.26. The van der Waals surface area contributed by atoms with Gasteiger partial charge in [0, 0.05) is 12.1 Å². The third kappa shape index (κ3) is 6.23. The molecule has 9 nitrogen and oxygen atoms in total. The van der Waals surface area contributed by atoms with Crippen molar-refractivity contribution in [2.45, 2.75) is 6.92 Å². The van der Waals surface area contributed by atoms with Gasteiger partial charge in [-0.25, -0.2) is 8.42 Å². The van der Waals surface area contributed by atoms with Crippen LogP contribution in [0, 0.1) is 17.0 Å². The van der Waals surface area contributed by atoms with Crippen LogP contribution >= 0.6 is 0 Å². The molecule has 0 radical (unpaired) electrons. The van der Waals surface area contributed by atoms with Gasteiger partial charge in [-0.2, -0.15) is 0 Å². The molecule has 2 aromatic carbocycles. The highest BCUT2D eigenvalue weighted by Gasteiger charge is 2.22. The molecule has 2 rings (SSSR count). The van der Waals surface area contributed by atoms with Crippen molar-refractivity contribution in [3.8, 4) is 5.75 Å². The minimum atomic E-state index is -3.82. The molecule has 1 amide bonds. The maximum atomic E-state index is 12.2. The number of nitro groups is 1. The Bertz CT molecular complexity index is 961. The second-order valence-corrected chi connectivity index (χ2v) is 7.97.